The number of aryl methyl sites for hydroxylation is 1. The van der Waals surface area contributed by atoms with E-state index in [1.165, 1.54) is 6.92 Å². The number of hydrogen-bond acceptors (Lipinski definition) is 6. The largest absolute Gasteiger partial charge is 0.453 e. The van der Waals surface area contributed by atoms with E-state index in [-0.39, 0.29) is 17.5 Å². The zero-order chi connectivity index (χ0) is 14.9. The predicted octanol–water partition coefficient (Wildman–Crippen LogP) is 0.865. The molecule has 108 valence electrons. The second kappa shape index (κ2) is 4.92. The number of carbonyl (C=O) groups is 1. The first-order valence-corrected chi connectivity index (χ1v) is 5.20. The van der Waals surface area contributed by atoms with Gasteiger partial charge in [0.05, 0.1) is 5.69 Å². The lowest BCUT2D eigenvalue weighted by molar-refractivity contribution is -0.155. The zero-order valence-electron chi connectivity index (χ0n) is 9.95. The average molecular weight is 291 g/mol. The van der Waals surface area contributed by atoms with Crippen LogP contribution in [0.25, 0.3) is 0 Å². The molecule has 0 aliphatic heterocycles. The number of amides is 1. The van der Waals surface area contributed by atoms with Gasteiger partial charge in [-0.2, -0.15) is 18.2 Å². The number of anilines is 1. The van der Waals surface area contributed by atoms with Gasteiger partial charge in [-0.25, -0.2) is 0 Å². The van der Waals surface area contributed by atoms with Crippen molar-refractivity contribution in [1.29, 1.82) is 0 Å². The van der Waals surface area contributed by atoms with Gasteiger partial charge in [0.25, 0.3) is 11.7 Å². The number of aliphatic hydroxyl groups is 1. The third-order valence-electron chi connectivity index (χ3n) is 2.25. The smallest absolute Gasteiger partial charge is 0.388 e. The number of nitrogens with zero attached hydrogens (tertiary/aromatic N) is 3. The van der Waals surface area contributed by atoms with Crippen molar-refractivity contribution in [3.8, 4) is 0 Å². The lowest BCUT2D eigenvalue weighted by Crippen LogP contribution is -2.18. The number of aliphatic hydroxyl groups excluding tert-OH is 1. The lowest BCUT2D eigenvalue weighted by atomic mass is 10.2. The van der Waals surface area contributed by atoms with Crippen LogP contribution < -0.4 is 5.32 Å². The second-order valence-electron chi connectivity index (χ2n) is 3.69. The van der Waals surface area contributed by atoms with Crippen LogP contribution in [-0.2, 0) is 12.8 Å². The standard InChI is InChI=1S/C9H8F3N5O3/c1-3-5(6(20-17-3)9(10,11)12)7(19)14-8-13-4(2-18)15-16-8/h18H,2H2,1H3,(H2,13,14,15,16,19). The molecule has 8 nitrogen and oxygen atoms in total. The maximum Gasteiger partial charge on any atom is 0.453 e. The molecule has 3 N–H and O–H groups in total. The summed E-state index contributed by atoms with van der Waals surface area (Å²) < 4.78 is 42.0. The van der Waals surface area contributed by atoms with Crippen molar-refractivity contribution in [3.63, 3.8) is 0 Å². The summed E-state index contributed by atoms with van der Waals surface area (Å²) in [6.07, 6.45) is -4.84. The van der Waals surface area contributed by atoms with Crippen molar-refractivity contribution < 1.29 is 27.6 Å². The minimum Gasteiger partial charge on any atom is -0.388 e. The Morgan fingerprint density at radius 2 is 2.20 bits per heavy atom. The Labute approximate surface area is 109 Å². The van der Waals surface area contributed by atoms with E-state index in [1.54, 1.807) is 0 Å². The van der Waals surface area contributed by atoms with Crippen molar-refractivity contribution >= 4 is 11.9 Å². The van der Waals surface area contributed by atoms with E-state index in [0.29, 0.717) is 0 Å². The molecule has 0 radical (unpaired) electrons. The van der Waals surface area contributed by atoms with Crippen LogP contribution in [0.4, 0.5) is 19.1 Å². The fourth-order valence-corrected chi connectivity index (χ4v) is 1.42. The van der Waals surface area contributed by atoms with Gasteiger partial charge < -0.3 is 9.63 Å². The summed E-state index contributed by atoms with van der Waals surface area (Å²) in [6.45, 7) is 0.744. The number of aromatic amines is 1. The molecule has 0 spiro atoms. The highest BCUT2D eigenvalue weighted by Gasteiger charge is 2.42. The first kappa shape index (κ1) is 14.0. The SMILES string of the molecule is Cc1noc(C(F)(F)F)c1C(=O)Nc1n[nH]c(CO)n1. The van der Waals surface area contributed by atoms with E-state index < -0.39 is 30.0 Å². The molecule has 11 heteroatoms. The Hall–Kier alpha value is -2.43. The molecule has 0 saturated heterocycles. The number of hydrogen-bond donors (Lipinski definition) is 3. The first-order chi connectivity index (χ1) is 9.32. The fraction of sp³-hybridized carbons (Fsp3) is 0.333. The highest BCUT2D eigenvalue weighted by molar-refractivity contribution is 6.04. The van der Waals surface area contributed by atoms with E-state index in [2.05, 4.69) is 24.9 Å². The molecule has 20 heavy (non-hydrogen) atoms. The molecular formula is C9H8F3N5O3. The van der Waals surface area contributed by atoms with Crippen LogP contribution in [0.1, 0.15) is 27.6 Å². The Kier molecular flexibility index (Phi) is 3.44. The lowest BCUT2D eigenvalue weighted by Gasteiger charge is -2.04. The van der Waals surface area contributed by atoms with E-state index in [4.69, 9.17) is 5.11 Å². The van der Waals surface area contributed by atoms with E-state index in [9.17, 15) is 18.0 Å². The monoisotopic (exact) mass is 291 g/mol. The van der Waals surface area contributed by atoms with Gasteiger partial charge in [0.1, 0.15) is 12.2 Å². The van der Waals surface area contributed by atoms with Crippen LogP contribution >= 0.6 is 0 Å². The van der Waals surface area contributed by atoms with E-state index in [0.717, 1.165) is 0 Å². The van der Waals surface area contributed by atoms with Gasteiger partial charge in [0, 0.05) is 0 Å². The summed E-state index contributed by atoms with van der Waals surface area (Å²) >= 11 is 0. The maximum absolute atomic E-state index is 12.6. The molecule has 0 aromatic carbocycles. The molecule has 0 fully saturated rings. The maximum atomic E-state index is 12.6. The number of H-pyrrole nitrogens is 1. The molecule has 2 heterocycles. The van der Waals surface area contributed by atoms with Gasteiger partial charge in [-0.15, -0.1) is 5.10 Å². The van der Waals surface area contributed by atoms with Gasteiger partial charge in [0.15, 0.2) is 5.82 Å². The molecule has 2 aromatic heterocycles. The van der Waals surface area contributed by atoms with Crippen LogP contribution in [0.2, 0.25) is 0 Å². The number of alkyl halides is 3. The average Bonchev–Trinajstić information content (AvgIpc) is 2.94. The van der Waals surface area contributed by atoms with Crippen molar-refractivity contribution in [2.24, 2.45) is 0 Å². The highest BCUT2D eigenvalue weighted by Crippen LogP contribution is 2.33. The van der Waals surface area contributed by atoms with Crippen LogP contribution in [0, 0.1) is 6.92 Å². The summed E-state index contributed by atoms with van der Waals surface area (Å²) in [5, 5.41) is 19.7. The molecule has 0 bridgehead atoms. The third-order valence-corrected chi connectivity index (χ3v) is 2.25. The molecule has 2 rings (SSSR count). The van der Waals surface area contributed by atoms with E-state index >= 15 is 0 Å². The molecule has 2 aromatic rings. The number of carbonyl (C=O) groups excluding carboxylic acids is 1. The topological polar surface area (TPSA) is 117 Å². The zero-order valence-corrected chi connectivity index (χ0v) is 9.95. The molecular weight excluding hydrogens is 283 g/mol. The fourth-order valence-electron chi connectivity index (χ4n) is 1.42. The Morgan fingerprint density at radius 1 is 1.50 bits per heavy atom. The molecule has 0 aliphatic rings. The Morgan fingerprint density at radius 3 is 2.75 bits per heavy atom. The molecule has 0 unspecified atom stereocenters. The summed E-state index contributed by atoms with van der Waals surface area (Å²) in [5.74, 6) is -2.82. The molecule has 0 atom stereocenters. The molecule has 0 aliphatic carbocycles. The van der Waals surface area contributed by atoms with Crippen LogP contribution in [0.15, 0.2) is 4.52 Å². The van der Waals surface area contributed by atoms with Gasteiger partial charge >= 0.3 is 6.18 Å². The summed E-state index contributed by atoms with van der Waals surface area (Å²) in [6, 6.07) is 0. The Bertz CT molecular complexity index is 633. The van der Waals surface area contributed by atoms with Gasteiger partial charge in [0.2, 0.25) is 5.95 Å². The third kappa shape index (κ3) is 2.61. The van der Waals surface area contributed by atoms with Gasteiger partial charge in [-0.1, -0.05) is 5.16 Å². The minimum absolute atomic E-state index is 0.0541. The Balaban J connectivity index is 2.27. The van der Waals surface area contributed by atoms with Crippen molar-refractivity contribution in [2.75, 3.05) is 5.32 Å². The number of aromatic nitrogens is 4. The second-order valence-corrected chi connectivity index (χ2v) is 3.69. The van der Waals surface area contributed by atoms with Crippen LogP contribution in [0.5, 0.6) is 0 Å². The van der Waals surface area contributed by atoms with E-state index in [1.807, 2.05) is 5.32 Å². The first-order valence-electron chi connectivity index (χ1n) is 5.20. The van der Waals surface area contributed by atoms with Crippen molar-refractivity contribution in [1.82, 2.24) is 20.3 Å². The number of nitrogens with one attached hydrogen (secondary N) is 2. The summed E-state index contributed by atoms with van der Waals surface area (Å²) in [7, 11) is 0. The van der Waals surface area contributed by atoms with Crippen molar-refractivity contribution in [2.45, 2.75) is 19.7 Å². The predicted molar refractivity (Wildman–Crippen MR) is 56.5 cm³/mol. The normalized spacial score (nSPS) is 11.7. The highest BCUT2D eigenvalue weighted by atomic mass is 19.4. The molecule has 0 saturated carbocycles. The quantitative estimate of drug-likeness (QED) is 0.772. The van der Waals surface area contributed by atoms with Gasteiger partial charge in [-0.3, -0.25) is 15.2 Å². The summed E-state index contributed by atoms with van der Waals surface area (Å²) in [4.78, 5) is 15.4. The van der Waals surface area contributed by atoms with Gasteiger partial charge in [-0.05, 0) is 6.92 Å². The van der Waals surface area contributed by atoms with Crippen molar-refractivity contribution in [3.05, 3.63) is 22.8 Å². The van der Waals surface area contributed by atoms with Crippen LogP contribution in [-0.4, -0.2) is 31.4 Å². The number of halogens is 3. The minimum atomic E-state index is -4.84. The summed E-state index contributed by atoms with van der Waals surface area (Å²) in [5.41, 5.74) is -0.958. The number of rotatable bonds is 3. The van der Waals surface area contributed by atoms with Crippen LogP contribution in [0.3, 0.4) is 0 Å². The molecule has 1 amide bonds.